The lowest BCUT2D eigenvalue weighted by Gasteiger charge is -2.29. The van der Waals surface area contributed by atoms with E-state index in [1.54, 1.807) is 16.7 Å². The van der Waals surface area contributed by atoms with Crippen molar-refractivity contribution in [2.45, 2.75) is 11.7 Å². The summed E-state index contributed by atoms with van der Waals surface area (Å²) in [5, 5.41) is 1.03. The van der Waals surface area contributed by atoms with Gasteiger partial charge in [0.15, 0.2) is 22.4 Å². The van der Waals surface area contributed by atoms with Crippen molar-refractivity contribution in [1.82, 2.24) is 9.55 Å². The first-order valence-corrected chi connectivity index (χ1v) is 14.0. The first-order valence-electron chi connectivity index (χ1n) is 12.2. The number of halogens is 1. The van der Waals surface area contributed by atoms with Crippen molar-refractivity contribution in [3.8, 4) is 11.5 Å². The second-order valence-electron chi connectivity index (χ2n) is 8.99. The highest BCUT2D eigenvalue weighted by atomic mass is 79.9. The normalized spacial score (nSPS) is 14.7. The van der Waals surface area contributed by atoms with Gasteiger partial charge in [0.05, 0.1) is 36.4 Å². The van der Waals surface area contributed by atoms with Crippen LogP contribution in [0.15, 0.2) is 75.1 Å². The molecule has 4 aromatic rings. The minimum atomic E-state index is -0.152. The lowest BCUT2D eigenvalue weighted by atomic mass is 10.1. The highest BCUT2D eigenvalue weighted by molar-refractivity contribution is 9.10. The van der Waals surface area contributed by atoms with E-state index in [2.05, 4.69) is 20.8 Å². The van der Waals surface area contributed by atoms with Crippen LogP contribution in [0.2, 0.25) is 0 Å². The van der Waals surface area contributed by atoms with Crippen LogP contribution in [0.4, 0.5) is 5.69 Å². The molecule has 6 rings (SSSR count). The Morgan fingerprint density at radius 1 is 0.974 bits per heavy atom. The van der Waals surface area contributed by atoms with E-state index in [1.807, 2.05) is 48.5 Å². The first kappa shape index (κ1) is 25.0. The lowest BCUT2D eigenvalue weighted by Crippen LogP contribution is -2.36. The van der Waals surface area contributed by atoms with Crippen LogP contribution in [0, 0.1) is 0 Å². The molecule has 0 radical (unpaired) electrons. The Kier molecular flexibility index (Phi) is 7.10. The molecule has 0 bridgehead atoms. The number of ether oxygens (including phenoxy) is 3. The molecule has 0 amide bonds. The molecule has 3 heterocycles. The SMILES string of the molecule is O=C(CSc1nc2ccc(N3CCOCC3)cc2c(=O)n1Cc1ccc2c(c1)OCO2)c1ccc(Br)cc1. The number of nitrogens with zero attached hydrogens (tertiary/aromatic N) is 3. The molecule has 1 fully saturated rings. The van der Waals surface area contributed by atoms with Gasteiger partial charge < -0.3 is 19.1 Å². The van der Waals surface area contributed by atoms with Crippen LogP contribution in [0.5, 0.6) is 11.5 Å². The van der Waals surface area contributed by atoms with Gasteiger partial charge in [0, 0.05) is 28.8 Å². The van der Waals surface area contributed by atoms with Crippen LogP contribution in [-0.4, -0.2) is 54.2 Å². The van der Waals surface area contributed by atoms with Crippen molar-refractivity contribution in [2.75, 3.05) is 43.7 Å². The molecular weight excluding hydrogens is 570 g/mol. The summed E-state index contributed by atoms with van der Waals surface area (Å²) in [5.74, 6) is 1.46. The maximum Gasteiger partial charge on any atom is 0.262 e. The Balaban J connectivity index is 1.36. The summed E-state index contributed by atoms with van der Waals surface area (Å²) in [7, 11) is 0. The largest absolute Gasteiger partial charge is 0.454 e. The number of thioether (sulfide) groups is 1. The molecule has 0 atom stereocenters. The van der Waals surface area contributed by atoms with E-state index in [4.69, 9.17) is 19.2 Å². The highest BCUT2D eigenvalue weighted by Crippen LogP contribution is 2.33. The zero-order valence-electron chi connectivity index (χ0n) is 20.4. The van der Waals surface area contributed by atoms with Crippen molar-refractivity contribution in [1.29, 1.82) is 0 Å². The summed E-state index contributed by atoms with van der Waals surface area (Å²) < 4.78 is 19.0. The highest BCUT2D eigenvalue weighted by Gasteiger charge is 2.19. The van der Waals surface area contributed by atoms with E-state index in [1.165, 1.54) is 11.8 Å². The number of ketones is 1. The van der Waals surface area contributed by atoms with Gasteiger partial charge in [-0.1, -0.05) is 45.9 Å². The standard InChI is InChI=1S/C28H24BrN3O5S/c29-20-4-2-19(3-5-20)24(33)16-38-28-30-23-7-6-21(31-9-11-35-12-10-31)14-22(23)27(34)32(28)15-18-1-8-25-26(13-18)37-17-36-25/h1-8,13-14H,9-12,15-17H2. The van der Waals surface area contributed by atoms with Gasteiger partial charge in [-0.2, -0.15) is 0 Å². The van der Waals surface area contributed by atoms with E-state index in [-0.39, 0.29) is 30.4 Å². The van der Waals surface area contributed by atoms with Gasteiger partial charge >= 0.3 is 0 Å². The van der Waals surface area contributed by atoms with E-state index in [0.717, 1.165) is 28.8 Å². The number of anilines is 1. The average molecular weight is 594 g/mol. The summed E-state index contributed by atoms with van der Waals surface area (Å²) in [4.78, 5) is 33.8. The van der Waals surface area contributed by atoms with Gasteiger partial charge in [-0.15, -0.1) is 0 Å². The molecule has 0 N–H and O–H groups in total. The Morgan fingerprint density at radius 3 is 2.58 bits per heavy atom. The Labute approximate surface area is 231 Å². The third-order valence-electron chi connectivity index (χ3n) is 6.56. The molecule has 3 aromatic carbocycles. The molecule has 8 nitrogen and oxygen atoms in total. The molecule has 0 spiro atoms. The average Bonchev–Trinajstić information content (AvgIpc) is 3.42. The quantitative estimate of drug-likeness (QED) is 0.172. The second-order valence-corrected chi connectivity index (χ2v) is 10.9. The zero-order valence-corrected chi connectivity index (χ0v) is 22.8. The Morgan fingerprint density at radius 2 is 1.76 bits per heavy atom. The molecule has 0 unspecified atom stereocenters. The van der Waals surface area contributed by atoms with Crippen LogP contribution >= 0.6 is 27.7 Å². The van der Waals surface area contributed by atoms with Gasteiger partial charge in [0.2, 0.25) is 6.79 Å². The fourth-order valence-electron chi connectivity index (χ4n) is 4.53. The summed E-state index contributed by atoms with van der Waals surface area (Å²) >= 11 is 4.67. The predicted octanol–water partition coefficient (Wildman–Crippen LogP) is 4.75. The van der Waals surface area contributed by atoms with E-state index in [9.17, 15) is 9.59 Å². The Hall–Kier alpha value is -3.34. The predicted molar refractivity (Wildman–Crippen MR) is 150 cm³/mol. The number of carbonyl (C=O) groups excluding carboxylic acids is 1. The third kappa shape index (κ3) is 5.16. The molecule has 1 saturated heterocycles. The van der Waals surface area contributed by atoms with Gasteiger partial charge in [-0.05, 0) is 48.0 Å². The molecule has 0 aliphatic carbocycles. The van der Waals surface area contributed by atoms with Crippen molar-refractivity contribution in [3.05, 3.63) is 86.6 Å². The summed E-state index contributed by atoms with van der Waals surface area (Å²) in [6, 6.07) is 18.7. The molecule has 1 aromatic heterocycles. The van der Waals surface area contributed by atoms with E-state index >= 15 is 0 Å². The van der Waals surface area contributed by atoms with Crippen LogP contribution < -0.4 is 19.9 Å². The van der Waals surface area contributed by atoms with E-state index in [0.29, 0.717) is 46.3 Å². The smallest absolute Gasteiger partial charge is 0.262 e. The van der Waals surface area contributed by atoms with Crippen LogP contribution in [0.25, 0.3) is 10.9 Å². The maximum absolute atomic E-state index is 13.9. The van der Waals surface area contributed by atoms with Gasteiger partial charge in [0.1, 0.15) is 0 Å². The van der Waals surface area contributed by atoms with Crippen molar-refractivity contribution < 1.29 is 19.0 Å². The van der Waals surface area contributed by atoms with Gasteiger partial charge in [0.25, 0.3) is 5.56 Å². The molecular formula is C28H24BrN3O5S. The van der Waals surface area contributed by atoms with Gasteiger partial charge in [-0.3, -0.25) is 14.2 Å². The van der Waals surface area contributed by atoms with Crippen molar-refractivity contribution >= 4 is 50.1 Å². The minimum Gasteiger partial charge on any atom is -0.454 e. The summed E-state index contributed by atoms with van der Waals surface area (Å²) in [6.45, 7) is 3.33. The number of carbonyl (C=O) groups is 1. The van der Waals surface area contributed by atoms with Crippen LogP contribution in [-0.2, 0) is 11.3 Å². The fourth-order valence-corrected chi connectivity index (χ4v) is 5.68. The Bertz CT molecular complexity index is 1570. The summed E-state index contributed by atoms with van der Waals surface area (Å²) in [6.07, 6.45) is 0. The van der Waals surface area contributed by atoms with Gasteiger partial charge in [-0.25, -0.2) is 4.98 Å². The number of fused-ring (bicyclic) bond motifs is 2. The van der Waals surface area contributed by atoms with Crippen molar-refractivity contribution in [2.24, 2.45) is 0 Å². The molecule has 38 heavy (non-hydrogen) atoms. The van der Waals surface area contributed by atoms with Crippen LogP contribution in [0.3, 0.4) is 0 Å². The fraction of sp³-hybridized carbons (Fsp3) is 0.250. The van der Waals surface area contributed by atoms with Crippen LogP contribution in [0.1, 0.15) is 15.9 Å². The number of hydrogen-bond donors (Lipinski definition) is 0. The number of Topliss-reactive ketones (excluding diaryl/α,β-unsaturated/α-hetero) is 1. The second kappa shape index (κ2) is 10.8. The van der Waals surface area contributed by atoms with E-state index < -0.39 is 0 Å². The first-order chi connectivity index (χ1) is 18.5. The number of hydrogen-bond acceptors (Lipinski definition) is 8. The molecule has 2 aliphatic rings. The minimum absolute atomic E-state index is 0.0332. The number of aromatic nitrogens is 2. The third-order valence-corrected chi connectivity index (χ3v) is 8.06. The zero-order chi connectivity index (χ0) is 26.1. The number of benzene rings is 3. The lowest BCUT2D eigenvalue weighted by molar-refractivity contribution is 0.102. The number of morpholine rings is 1. The maximum atomic E-state index is 13.9. The monoisotopic (exact) mass is 593 g/mol. The van der Waals surface area contributed by atoms with Crippen molar-refractivity contribution in [3.63, 3.8) is 0 Å². The molecule has 194 valence electrons. The molecule has 0 saturated carbocycles. The summed E-state index contributed by atoms with van der Waals surface area (Å²) in [5.41, 5.74) is 2.92. The molecule has 10 heteroatoms. The molecule has 2 aliphatic heterocycles. The topological polar surface area (TPSA) is 82.9 Å². The number of rotatable bonds is 7.